The molecule has 5 heteroatoms. The van der Waals surface area contributed by atoms with E-state index >= 15 is 0 Å². The molecular weight excluding hydrogens is 222 g/mol. The van der Waals surface area contributed by atoms with E-state index in [1.54, 1.807) is 0 Å². The van der Waals surface area contributed by atoms with Gasteiger partial charge >= 0.3 is 0 Å². The van der Waals surface area contributed by atoms with Gasteiger partial charge in [0.1, 0.15) is 0 Å². The van der Waals surface area contributed by atoms with Gasteiger partial charge in [-0.05, 0) is 13.8 Å². The maximum atomic E-state index is 5.58. The van der Waals surface area contributed by atoms with Crippen LogP contribution in [0.5, 0.6) is 0 Å². The Morgan fingerprint density at radius 2 is 1.12 bits per heavy atom. The Bertz CT molecular complexity index is 162. The monoisotopic (exact) mass is 247 g/mol. The van der Waals surface area contributed by atoms with Gasteiger partial charge < -0.3 is 24.3 Å². The van der Waals surface area contributed by atoms with E-state index < -0.39 is 0 Å². The highest BCUT2D eigenvalue weighted by atomic mass is 16.6. The van der Waals surface area contributed by atoms with Crippen molar-refractivity contribution in [2.45, 2.75) is 26.1 Å². The Morgan fingerprint density at radius 1 is 0.706 bits per heavy atom. The molecule has 0 aromatic heterocycles. The molecule has 0 bridgehead atoms. The second-order valence-corrected chi connectivity index (χ2v) is 4.25. The summed E-state index contributed by atoms with van der Waals surface area (Å²) in [5.41, 5.74) is 0. The van der Waals surface area contributed by atoms with E-state index in [1.165, 1.54) is 0 Å². The Hall–Kier alpha value is -0.200. The Kier molecular flexibility index (Phi) is 8.56. The quantitative estimate of drug-likeness (QED) is 0.673. The Morgan fingerprint density at radius 3 is 1.59 bits per heavy atom. The molecule has 0 aliphatic carbocycles. The molecule has 1 N–H and O–H groups in total. The number of rotatable bonds is 0. The van der Waals surface area contributed by atoms with Crippen LogP contribution >= 0.6 is 0 Å². The molecule has 1 aliphatic rings. The predicted molar refractivity (Wildman–Crippen MR) is 65.3 cm³/mol. The van der Waals surface area contributed by atoms with Crippen molar-refractivity contribution in [3.05, 3.63) is 0 Å². The molecule has 0 spiro atoms. The van der Waals surface area contributed by atoms with Crippen LogP contribution in [0.4, 0.5) is 0 Å². The van der Waals surface area contributed by atoms with Gasteiger partial charge in [-0.25, -0.2) is 0 Å². The lowest BCUT2D eigenvalue weighted by Crippen LogP contribution is -2.34. The molecule has 0 radical (unpaired) electrons. The van der Waals surface area contributed by atoms with Gasteiger partial charge in [0, 0.05) is 13.1 Å². The second-order valence-electron chi connectivity index (χ2n) is 4.25. The minimum Gasteiger partial charge on any atom is -0.377 e. The van der Waals surface area contributed by atoms with Gasteiger partial charge in [0.25, 0.3) is 0 Å². The smallest absolute Gasteiger partial charge is 0.0704 e. The predicted octanol–water partition coefficient (Wildman–Crippen LogP) is 0.433. The summed E-state index contributed by atoms with van der Waals surface area (Å²) in [5, 5.41) is 3.32. The summed E-state index contributed by atoms with van der Waals surface area (Å²) < 4.78 is 21.9. The van der Waals surface area contributed by atoms with Crippen molar-refractivity contribution in [2.24, 2.45) is 0 Å². The van der Waals surface area contributed by atoms with Crippen molar-refractivity contribution in [2.75, 3.05) is 52.7 Å². The Labute approximate surface area is 104 Å². The first-order valence-corrected chi connectivity index (χ1v) is 6.38. The van der Waals surface area contributed by atoms with Crippen LogP contribution in [0.3, 0.4) is 0 Å². The highest BCUT2D eigenvalue weighted by Crippen LogP contribution is 1.93. The van der Waals surface area contributed by atoms with Gasteiger partial charge in [0.2, 0.25) is 0 Å². The minimum atomic E-state index is 0.201. The first-order valence-electron chi connectivity index (χ1n) is 6.38. The first kappa shape index (κ1) is 14.9. The summed E-state index contributed by atoms with van der Waals surface area (Å²) in [6, 6.07) is 0. The fourth-order valence-corrected chi connectivity index (χ4v) is 1.55. The van der Waals surface area contributed by atoms with Crippen LogP contribution in [-0.2, 0) is 18.9 Å². The molecule has 1 saturated heterocycles. The molecule has 2 atom stereocenters. The average molecular weight is 247 g/mol. The van der Waals surface area contributed by atoms with E-state index in [-0.39, 0.29) is 12.2 Å². The van der Waals surface area contributed by atoms with Crippen molar-refractivity contribution in [1.29, 1.82) is 0 Å². The summed E-state index contributed by atoms with van der Waals surface area (Å²) in [6.07, 6.45) is 0.402. The summed E-state index contributed by atoms with van der Waals surface area (Å²) in [7, 11) is 0. The largest absolute Gasteiger partial charge is 0.377 e. The highest BCUT2D eigenvalue weighted by Gasteiger charge is 2.05. The molecule has 1 heterocycles. The summed E-state index contributed by atoms with van der Waals surface area (Å²) in [4.78, 5) is 0. The summed E-state index contributed by atoms with van der Waals surface area (Å²) in [5.74, 6) is 0. The van der Waals surface area contributed by atoms with E-state index in [0.29, 0.717) is 39.6 Å². The molecule has 1 fully saturated rings. The van der Waals surface area contributed by atoms with Crippen molar-refractivity contribution < 1.29 is 18.9 Å². The fraction of sp³-hybridized carbons (Fsp3) is 1.00. The lowest BCUT2D eigenvalue weighted by molar-refractivity contribution is -0.0162. The first-order chi connectivity index (χ1) is 8.29. The third kappa shape index (κ3) is 8.51. The zero-order chi connectivity index (χ0) is 12.3. The fourth-order valence-electron chi connectivity index (χ4n) is 1.55. The topological polar surface area (TPSA) is 49.0 Å². The van der Waals surface area contributed by atoms with Crippen LogP contribution < -0.4 is 5.32 Å². The number of hydrogen-bond acceptors (Lipinski definition) is 5. The van der Waals surface area contributed by atoms with Crippen LogP contribution in [-0.4, -0.2) is 64.9 Å². The molecule has 17 heavy (non-hydrogen) atoms. The molecule has 0 saturated carbocycles. The van der Waals surface area contributed by atoms with Crippen LogP contribution in [0.15, 0.2) is 0 Å². The van der Waals surface area contributed by atoms with E-state index in [1.807, 2.05) is 0 Å². The van der Waals surface area contributed by atoms with Gasteiger partial charge in [-0.3, -0.25) is 0 Å². The molecule has 0 aromatic carbocycles. The van der Waals surface area contributed by atoms with Crippen molar-refractivity contribution in [1.82, 2.24) is 5.32 Å². The number of nitrogens with one attached hydrogen (secondary N) is 1. The third-order valence-electron chi connectivity index (χ3n) is 2.50. The minimum absolute atomic E-state index is 0.201. The van der Waals surface area contributed by atoms with Crippen LogP contribution in [0.2, 0.25) is 0 Å². The standard InChI is InChI=1S/C12H25NO4/c1-11-9-13-10-12(2)17-8-6-15-4-3-14-5-7-16-11/h11-13H,3-10H2,1-2H3/t11-,12-/m1/s1. The third-order valence-corrected chi connectivity index (χ3v) is 2.50. The van der Waals surface area contributed by atoms with Crippen molar-refractivity contribution in [3.63, 3.8) is 0 Å². The highest BCUT2D eigenvalue weighted by molar-refractivity contribution is 4.60. The number of ether oxygens (including phenoxy) is 4. The molecule has 0 aromatic rings. The molecule has 102 valence electrons. The molecule has 1 rings (SSSR count). The van der Waals surface area contributed by atoms with Gasteiger partial charge in [0.05, 0.1) is 51.8 Å². The van der Waals surface area contributed by atoms with Gasteiger partial charge in [0.15, 0.2) is 0 Å². The number of hydrogen-bond donors (Lipinski definition) is 1. The van der Waals surface area contributed by atoms with Crippen LogP contribution in [0, 0.1) is 0 Å². The lowest BCUT2D eigenvalue weighted by Gasteiger charge is -2.16. The van der Waals surface area contributed by atoms with E-state index in [9.17, 15) is 0 Å². The average Bonchev–Trinajstić information content (AvgIpc) is 2.31. The van der Waals surface area contributed by atoms with Crippen LogP contribution in [0.25, 0.3) is 0 Å². The zero-order valence-electron chi connectivity index (χ0n) is 10.9. The summed E-state index contributed by atoms with van der Waals surface area (Å²) in [6.45, 7) is 9.54. The van der Waals surface area contributed by atoms with E-state index in [2.05, 4.69) is 19.2 Å². The zero-order valence-corrected chi connectivity index (χ0v) is 10.9. The lowest BCUT2D eigenvalue weighted by atomic mass is 10.3. The van der Waals surface area contributed by atoms with Crippen molar-refractivity contribution in [3.8, 4) is 0 Å². The normalized spacial score (nSPS) is 31.4. The van der Waals surface area contributed by atoms with Gasteiger partial charge in [-0.2, -0.15) is 0 Å². The molecule has 5 nitrogen and oxygen atoms in total. The maximum absolute atomic E-state index is 5.58. The Balaban J connectivity index is 2.20. The molecule has 1 aliphatic heterocycles. The van der Waals surface area contributed by atoms with E-state index in [4.69, 9.17) is 18.9 Å². The van der Waals surface area contributed by atoms with Gasteiger partial charge in [-0.1, -0.05) is 0 Å². The van der Waals surface area contributed by atoms with E-state index in [0.717, 1.165) is 13.1 Å². The molecular formula is C12H25NO4. The SMILES string of the molecule is C[C@@H]1CNC[C@@H](C)OCCOCCOCCO1. The second kappa shape index (κ2) is 9.79. The van der Waals surface area contributed by atoms with Crippen LogP contribution in [0.1, 0.15) is 13.8 Å². The molecule has 0 amide bonds. The maximum Gasteiger partial charge on any atom is 0.0704 e. The van der Waals surface area contributed by atoms with Gasteiger partial charge in [-0.15, -0.1) is 0 Å². The molecule has 0 unspecified atom stereocenters. The summed E-state index contributed by atoms with van der Waals surface area (Å²) >= 11 is 0. The van der Waals surface area contributed by atoms with Crippen molar-refractivity contribution >= 4 is 0 Å².